The Morgan fingerprint density at radius 2 is 1.44 bits per heavy atom. The van der Waals surface area contributed by atoms with Crippen molar-refractivity contribution in [3.8, 4) is 0 Å². The molecule has 1 spiro atoms. The average molecular weight is 351 g/mol. The van der Waals surface area contributed by atoms with Gasteiger partial charge in [0, 0.05) is 57.9 Å². The number of amides is 3. The molecule has 4 heterocycles. The monoisotopic (exact) mass is 351 g/mol. The second kappa shape index (κ2) is 7.11. The van der Waals surface area contributed by atoms with Gasteiger partial charge in [-0.25, -0.2) is 4.79 Å². The number of urea groups is 1. The number of carbonyl (C=O) groups is 2. The highest BCUT2D eigenvalue weighted by molar-refractivity contribution is 5.83. The summed E-state index contributed by atoms with van der Waals surface area (Å²) in [7, 11) is 0. The fourth-order valence-corrected chi connectivity index (χ4v) is 4.85. The van der Waals surface area contributed by atoms with E-state index in [1.165, 1.54) is 0 Å². The summed E-state index contributed by atoms with van der Waals surface area (Å²) in [5.41, 5.74) is -0.108. The average Bonchev–Trinajstić information content (AvgIpc) is 3.31. The molecule has 4 fully saturated rings. The van der Waals surface area contributed by atoms with Gasteiger partial charge in [-0.1, -0.05) is 0 Å². The van der Waals surface area contributed by atoms with Gasteiger partial charge in [0.2, 0.25) is 5.91 Å². The first-order valence-corrected chi connectivity index (χ1v) is 9.68. The highest BCUT2D eigenvalue weighted by Gasteiger charge is 2.53. The fourth-order valence-electron chi connectivity index (χ4n) is 4.85. The van der Waals surface area contributed by atoms with E-state index in [9.17, 15) is 9.59 Å². The van der Waals surface area contributed by atoms with Crippen molar-refractivity contribution in [1.82, 2.24) is 14.7 Å². The highest BCUT2D eigenvalue weighted by Crippen LogP contribution is 2.45. The molecule has 0 saturated carbocycles. The van der Waals surface area contributed by atoms with Crippen LogP contribution in [0.1, 0.15) is 25.7 Å². The molecule has 0 aromatic rings. The lowest BCUT2D eigenvalue weighted by molar-refractivity contribution is -0.144. The third-order valence-corrected chi connectivity index (χ3v) is 6.40. The molecule has 0 radical (unpaired) electrons. The third-order valence-electron chi connectivity index (χ3n) is 6.40. The molecule has 4 aliphatic heterocycles. The molecule has 3 amide bonds. The van der Waals surface area contributed by atoms with Crippen LogP contribution in [0.4, 0.5) is 4.79 Å². The van der Waals surface area contributed by atoms with Gasteiger partial charge in [0.1, 0.15) is 0 Å². The molecule has 0 aliphatic carbocycles. The number of carbonyl (C=O) groups excluding carboxylic acids is 2. The Kier molecular flexibility index (Phi) is 4.86. The molecule has 4 rings (SSSR count). The second-order valence-corrected chi connectivity index (χ2v) is 7.82. The van der Waals surface area contributed by atoms with E-state index in [2.05, 4.69) is 0 Å². The first kappa shape index (κ1) is 17.1. The van der Waals surface area contributed by atoms with E-state index in [0.29, 0.717) is 52.6 Å². The van der Waals surface area contributed by atoms with E-state index < -0.39 is 0 Å². The van der Waals surface area contributed by atoms with Crippen LogP contribution < -0.4 is 0 Å². The lowest BCUT2D eigenvalue weighted by atomic mass is 9.71. The van der Waals surface area contributed by atoms with Gasteiger partial charge in [0.15, 0.2) is 0 Å². The van der Waals surface area contributed by atoms with Crippen molar-refractivity contribution in [2.45, 2.75) is 25.7 Å². The van der Waals surface area contributed by atoms with Crippen LogP contribution in [0.2, 0.25) is 0 Å². The van der Waals surface area contributed by atoms with Gasteiger partial charge >= 0.3 is 6.03 Å². The summed E-state index contributed by atoms with van der Waals surface area (Å²) in [4.78, 5) is 32.0. The number of rotatable bonds is 1. The summed E-state index contributed by atoms with van der Waals surface area (Å²) in [6.45, 7) is 6.93. The van der Waals surface area contributed by atoms with Crippen LogP contribution in [0.15, 0.2) is 0 Å². The number of likely N-dealkylation sites (tertiary alicyclic amines) is 2. The van der Waals surface area contributed by atoms with Gasteiger partial charge in [-0.05, 0) is 25.7 Å². The Balaban J connectivity index is 1.52. The molecule has 0 bridgehead atoms. The van der Waals surface area contributed by atoms with Crippen LogP contribution in [0.3, 0.4) is 0 Å². The van der Waals surface area contributed by atoms with Crippen LogP contribution in [0.25, 0.3) is 0 Å². The zero-order chi connectivity index (χ0) is 17.3. The molecule has 1 atom stereocenters. The summed E-state index contributed by atoms with van der Waals surface area (Å²) < 4.78 is 11.0. The summed E-state index contributed by atoms with van der Waals surface area (Å²) in [5.74, 6) is 0.114. The topological polar surface area (TPSA) is 62.3 Å². The van der Waals surface area contributed by atoms with Crippen molar-refractivity contribution < 1.29 is 19.1 Å². The molecule has 0 aromatic heterocycles. The van der Waals surface area contributed by atoms with Gasteiger partial charge in [0.25, 0.3) is 0 Å². The Labute approximate surface area is 149 Å². The largest absolute Gasteiger partial charge is 0.381 e. The number of hydrogen-bond donors (Lipinski definition) is 0. The van der Waals surface area contributed by atoms with Crippen molar-refractivity contribution >= 4 is 11.9 Å². The summed E-state index contributed by atoms with van der Waals surface area (Å²) >= 11 is 0. The smallest absolute Gasteiger partial charge is 0.320 e. The predicted molar refractivity (Wildman–Crippen MR) is 91.2 cm³/mol. The quantitative estimate of drug-likeness (QED) is 0.701. The Hall–Kier alpha value is -1.34. The maximum atomic E-state index is 13.2. The molecule has 7 nitrogen and oxygen atoms in total. The molecular formula is C18H29N3O4. The highest BCUT2D eigenvalue weighted by atomic mass is 16.5. The number of nitrogens with zero attached hydrogens (tertiary/aromatic N) is 3. The van der Waals surface area contributed by atoms with Crippen LogP contribution >= 0.6 is 0 Å². The lowest BCUT2D eigenvalue weighted by Crippen LogP contribution is -2.49. The SMILES string of the molecule is O=C([C@@H]1CN(C(=O)N2CCCC2)CC12CCOCC2)N1CCOCC1. The van der Waals surface area contributed by atoms with E-state index in [4.69, 9.17) is 9.47 Å². The molecule has 140 valence electrons. The lowest BCUT2D eigenvalue weighted by Gasteiger charge is -2.39. The summed E-state index contributed by atoms with van der Waals surface area (Å²) in [6, 6.07) is 0.126. The van der Waals surface area contributed by atoms with E-state index in [0.717, 1.165) is 38.8 Å². The molecule has 0 aromatic carbocycles. The van der Waals surface area contributed by atoms with Crippen molar-refractivity contribution in [3.05, 3.63) is 0 Å². The first-order valence-electron chi connectivity index (χ1n) is 9.68. The minimum Gasteiger partial charge on any atom is -0.381 e. The van der Waals surface area contributed by atoms with Gasteiger partial charge < -0.3 is 24.2 Å². The van der Waals surface area contributed by atoms with Gasteiger partial charge in [-0.2, -0.15) is 0 Å². The molecule has 25 heavy (non-hydrogen) atoms. The van der Waals surface area contributed by atoms with Crippen LogP contribution in [0.5, 0.6) is 0 Å². The Bertz CT molecular complexity index is 508. The molecular weight excluding hydrogens is 322 g/mol. The summed E-state index contributed by atoms with van der Waals surface area (Å²) in [6.07, 6.45) is 3.93. The van der Waals surface area contributed by atoms with Crippen molar-refractivity contribution in [1.29, 1.82) is 0 Å². The number of morpholine rings is 1. The molecule has 0 unspecified atom stereocenters. The molecule has 4 aliphatic rings. The predicted octanol–water partition coefficient (Wildman–Crippen LogP) is 0.790. The van der Waals surface area contributed by atoms with Crippen LogP contribution in [-0.4, -0.2) is 92.3 Å². The van der Waals surface area contributed by atoms with Gasteiger partial charge in [0.05, 0.1) is 19.1 Å². The third kappa shape index (κ3) is 3.24. The van der Waals surface area contributed by atoms with E-state index in [-0.39, 0.29) is 23.3 Å². The van der Waals surface area contributed by atoms with E-state index in [1.807, 2.05) is 14.7 Å². The number of ether oxygens (including phenoxy) is 2. The van der Waals surface area contributed by atoms with Crippen molar-refractivity contribution in [3.63, 3.8) is 0 Å². The minimum absolute atomic E-state index is 0.0962. The van der Waals surface area contributed by atoms with Crippen LogP contribution in [0, 0.1) is 11.3 Å². The second-order valence-electron chi connectivity index (χ2n) is 7.82. The van der Waals surface area contributed by atoms with Gasteiger partial charge in [-0.3, -0.25) is 4.79 Å². The van der Waals surface area contributed by atoms with E-state index >= 15 is 0 Å². The zero-order valence-electron chi connectivity index (χ0n) is 15.0. The van der Waals surface area contributed by atoms with Gasteiger partial charge in [-0.15, -0.1) is 0 Å². The zero-order valence-corrected chi connectivity index (χ0v) is 15.0. The first-order chi connectivity index (χ1) is 12.2. The minimum atomic E-state index is -0.108. The number of hydrogen-bond acceptors (Lipinski definition) is 4. The molecule has 0 N–H and O–H groups in total. The van der Waals surface area contributed by atoms with Crippen LogP contribution in [-0.2, 0) is 14.3 Å². The summed E-state index contributed by atoms with van der Waals surface area (Å²) in [5, 5.41) is 0. The van der Waals surface area contributed by atoms with Crippen molar-refractivity contribution in [2.24, 2.45) is 11.3 Å². The van der Waals surface area contributed by atoms with E-state index in [1.54, 1.807) is 0 Å². The Morgan fingerprint density at radius 1 is 0.800 bits per heavy atom. The molecule has 7 heteroatoms. The van der Waals surface area contributed by atoms with Crippen molar-refractivity contribution in [2.75, 3.05) is 65.7 Å². The molecule has 4 saturated heterocycles. The fraction of sp³-hybridized carbons (Fsp3) is 0.889. The maximum absolute atomic E-state index is 13.2. The Morgan fingerprint density at radius 3 is 2.12 bits per heavy atom. The maximum Gasteiger partial charge on any atom is 0.320 e. The standard InChI is InChI=1S/C18H29N3O4/c22-16(19-7-11-25-12-8-19)15-13-21(17(23)20-5-1-2-6-20)14-18(15)3-9-24-10-4-18/h15H,1-14H2/t15-/m0/s1. The normalized spacial score (nSPS) is 29.4.